The second kappa shape index (κ2) is 4.42. The van der Waals surface area contributed by atoms with Crippen molar-refractivity contribution in [1.82, 2.24) is 0 Å². The van der Waals surface area contributed by atoms with Crippen LogP contribution in [0.15, 0.2) is 18.2 Å². The molecule has 0 spiro atoms. The van der Waals surface area contributed by atoms with Gasteiger partial charge in [-0.1, -0.05) is 6.07 Å². The molecule has 0 fully saturated rings. The van der Waals surface area contributed by atoms with E-state index in [0.29, 0.717) is 11.4 Å². The van der Waals surface area contributed by atoms with Crippen molar-refractivity contribution in [3.63, 3.8) is 0 Å². The zero-order valence-corrected chi connectivity index (χ0v) is 8.97. The number of aliphatic hydroxyl groups excluding tert-OH is 1. The van der Waals surface area contributed by atoms with Crippen LogP contribution in [0.4, 0.5) is 5.69 Å². The number of ether oxygens (including phenoxy) is 1. The van der Waals surface area contributed by atoms with Crippen LogP contribution in [0.2, 0.25) is 0 Å². The first kappa shape index (κ1) is 11.4. The molecule has 0 saturated heterocycles. The number of primary amides is 1. The Balaban J connectivity index is 2.37. The lowest BCUT2D eigenvalue weighted by Gasteiger charge is -2.26. The maximum absolute atomic E-state index is 11.6. The molecule has 1 atom stereocenters. The molecule has 0 saturated carbocycles. The van der Waals surface area contributed by atoms with E-state index in [-0.39, 0.29) is 24.5 Å². The van der Waals surface area contributed by atoms with Crippen LogP contribution >= 0.6 is 0 Å². The van der Waals surface area contributed by atoms with Crippen molar-refractivity contribution >= 4 is 17.5 Å². The average Bonchev–Trinajstić information content (AvgIpc) is 2.29. The smallest absolute Gasteiger partial charge is 0.265 e. The first-order chi connectivity index (χ1) is 8.13. The number of hydrogen-bond acceptors (Lipinski definition) is 4. The Hall–Kier alpha value is -2.08. The fraction of sp³-hybridized carbons (Fsp3) is 0.273. The van der Waals surface area contributed by atoms with E-state index in [1.165, 1.54) is 6.07 Å². The van der Waals surface area contributed by atoms with Crippen LogP contribution in [0.3, 0.4) is 0 Å². The highest BCUT2D eigenvalue weighted by Gasteiger charge is 2.29. The summed E-state index contributed by atoms with van der Waals surface area (Å²) in [6, 6.07) is 4.76. The second-order valence-electron chi connectivity index (χ2n) is 3.65. The summed E-state index contributed by atoms with van der Waals surface area (Å²) in [5.74, 6) is -0.633. The molecule has 1 heterocycles. The Morgan fingerprint density at radius 1 is 1.53 bits per heavy atom. The van der Waals surface area contributed by atoms with Crippen molar-refractivity contribution in [3.05, 3.63) is 23.8 Å². The highest BCUT2D eigenvalue weighted by Crippen LogP contribution is 2.33. The third-order valence-corrected chi connectivity index (χ3v) is 2.49. The summed E-state index contributed by atoms with van der Waals surface area (Å²) < 4.78 is 5.40. The van der Waals surface area contributed by atoms with Gasteiger partial charge in [-0.15, -0.1) is 0 Å². The van der Waals surface area contributed by atoms with Gasteiger partial charge >= 0.3 is 0 Å². The monoisotopic (exact) mass is 236 g/mol. The van der Waals surface area contributed by atoms with E-state index in [1.807, 2.05) is 0 Å². The van der Waals surface area contributed by atoms with Crippen LogP contribution in [0.25, 0.3) is 0 Å². The van der Waals surface area contributed by atoms with Crippen molar-refractivity contribution in [2.75, 3.05) is 11.9 Å². The maximum atomic E-state index is 11.6. The largest absolute Gasteiger partial charge is 0.478 e. The van der Waals surface area contributed by atoms with Gasteiger partial charge in [0.25, 0.3) is 11.8 Å². The Kier molecular flexibility index (Phi) is 2.97. The van der Waals surface area contributed by atoms with Crippen LogP contribution in [0.5, 0.6) is 5.75 Å². The quantitative estimate of drug-likeness (QED) is 0.680. The number of rotatable bonds is 3. The second-order valence-corrected chi connectivity index (χ2v) is 3.65. The van der Waals surface area contributed by atoms with Crippen LogP contribution in [0, 0.1) is 0 Å². The number of nitrogens with one attached hydrogen (secondary N) is 1. The van der Waals surface area contributed by atoms with Crippen molar-refractivity contribution in [2.45, 2.75) is 12.5 Å². The van der Waals surface area contributed by atoms with Crippen molar-refractivity contribution in [2.24, 2.45) is 5.73 Å². The van der Waals surface area contributed by atoms with Crippen LogP contribution in [-0.2, 0) is 4.79 Å². The lowest BCUT2D eigenvalue weighted by molar-refractivity contribution is -0.124. The molecule has 6 heteroatoms. The van der Waals surface area contributed by atoms with Gasteiger partial charge in [0.1, 0.15) is 5.75 Å². The Labute approximate surface area is 97.4 Å². The summed E-state index contributed by atoms with van der Waals surface area (Å²) in [4.78, 5) is 22.8. The lowest BCUT2D eigenvalue weighted by Crippen LogP contribution is -2.38. The minimum absolute atomic E-state index is 0.150. The summed E-state index contributed by atoms with van der Waals surface area (Å²) in [7, 11) is 0. The maximum Gasteiger partial charge on any atom is 0.265 e. The fourth-order valence-electron chi connectivity index (χ4n) is 1.68. The summed E-state index contributed by atoms with van der Waals surface area (Å²) in [5, 5.41) is 11.4. The summed E-state index contributed by atoms with van der Waals surface area (Å²) in [6.45, 7) is -0.150. The van der Waals surface area contributed by atoms with Gasteiger partial charge in [-0.25, -0.2) is 0 Å². The molecule has 0 bridgehead atoms. The van der Waals surface area contributed by atoms with Crippen molar-refractivity contribution in [1.29, 1.82) is 0 Å². The molecular weight excluding hydrogens is 224 g/mol. The highest BCUT2D eigenvalue weighted by atomic mass is 16.5. The third-order valence-electron chi connectivity index (χ3n) is 2.49. The van der Waals surface area contributed by atoms with E-state index in [0.717, 1.165) is 0 Å². The number of carbonyl (C=O) groups is 2. The SMILES string of the molecule is NC(=O)c1cccc2c1NC(=O)C(CCO)O2. The molecule has 90 valence electrons. The zero-order chi connectivity index (χ0) is 12.4. The number of fused-ring (bicyclic) bond motifs is 1. The van der Waals surface area contributed by atoms with Crippen molar-refractivity contribution in [3.8, 4) is 5.75 Å². The molecule has 2 rings (SSSR count). The Morgan fingerprint density at radius 3 is 2.94 bits per heavy atom. The van der Waals surface area contributed by atoms with Gasteiger partial charge in [-0.2, -0.15) is 0 Å². The summed E-state index contributed by atoms with van der Waals surface area (Å²) in [6.07, 6.45) is -0.540. The minimum atomic E-state index is -0.740. The normalized spacial score (nSPS) is 17.9. The lowest BCUT2D eigenvalue weighted by atomic mass is 10.1. The molecule has 1 aromatic rings. The molecule has 0 radical (unpaired) electrons. The van der Waals surface area contributed by atoms with E-state index in [4.69, 9.17) is 15.6 Å². The van der Waals surface area contributed by atoms with Crippen LogP contribution in [0.1, 0.15) is 16.8 Å². The standard InChI is InChI=1S/C11H12N2O4/c12-10(15)6-2-1-3-7-9(6)13-11(16)8(17-7)4-5-14/h1-3,8,14H,4-5H2,(H2,12,15)(H,13,16). The van der Waals surface area contributed by atoms with Gasteiger partial charge in [0, 0.05) is 13.0 Å². The molecule has 1 aromatic carbocycles. The molecule has 0 aliphatic carbocycles. The molecular formula is C11H12N2O4. The number of amides is 2. The number of hydrogen-bond donors (Lipinski definition) is 3. The molecule has 1 aliphatic heterocycles. The topological polar surface area (TPSA) is 102 Å². The molecule has 6 nitrogen and oxygen atoms in total. The summed E-state index contributed by atoms with van der Waals surface area (Å²) >= 11 is 0. The number of carbonyl (C=O) groups excluding carboxylic acids is 2. The molecule has 17 heavy (non-hydrogen) atoms. The van der Waals surface area contributed by atoms with E-state index < -0.39 is 12.0 Å². The van der Waals surface area contributed by atoms with Gasteiger partial charge in [0.15, 0.2) is 6.10 Å². The Morgan fingerprint density at radius 2 is 2.29 bits per heavy atom. The average molecular weight is 236 g/mol. The number of para-hydroxylation sites is 1. The highest BCUT2D eigenvalue weighted by molar-refractivity contribution is 6.06. The first-order valence-electron chi connectivity index (χ1n) is 5.14. The summed E-state index contributed by atoms with van der Waals surface area (Å²) in [5.41, 5.74) is 5.69. The molecule has 4 N–H and O–H groups in total. The number of benzene rings is 1. The number of anilines is 1. The van der Waals surface area contributed by atoms with Crippen molar-refractivity contribution < 1.29 is 19.4 Å². The van der Waals surface area contributed by atoms with E-state index in [1.54, 1.807) is 12.1 Å². The fourth-order valence-corrected chi connectivity index (χ4v) is 1.68. The first-order valence-corrected chi connectivity index (χ1v) is 5.14. The molecule has 2 amide bonds. The predicted molar refractivity (Wildman–Crippen MR) is 59.7 cm³/mol. The molecule has 1 unspecified atom stereocenters. The molecule has 1 aliphatic rings. The number of nitrogens with two attached hydrogens (primary N) is 1. The van der Waals surface area contributed by atoms with Gasteiger partial charge < -0.3 is 20.9 Å². The van der Waals surface area contributed by atoms with E-state index in [2.05, 4.69) is 5.32 Å². The molecule has 0 aromatic heterocycles. The van der Waals surface area contributed by atoms with E-state index >= 15 is 0 Å². The van der Waals surface area contributed by atoms with Gasteiger partial charge in [0.2, 0.25) is 0 Å². The minimum Gasteiger partial charge on any atom is -0.478 e. The zero-order valence-electron chi connectivity index (χ0n) is 8.97. The van der Waals surface area contributed by atoms with Gasteiger partial charge in [0.05, 0.1) is 11.3 Å². The third kappa shape index (κ3) is 2.07. The van der Waals surface area contributed by atoms with Crippen LogP contribution in [-0.4, -0.2) is 29.6 Å². The predicted octanol–water partition coefficient (Wildman–Crippen LogP) is -0.133. The Bertz CT molecular complexity index is 473. The van der Waals surface area contributed by atoms with E-state index in [9.17, 15) is 9.59 Å². The van der Waals surface area contributed by atoms with Gasteiger partial charge in [-0.3, -0.25) is 9.59 Å². The number of aliphatic hydroxyl groups is 1. The van der Waals surface area contributed by atoms with Crippen LogP contribution < -0.4 is 15.8 Å². The van der Waals surface area contributed by atoms with Gasteiger partial charge in [-0.05, 0) is 12.1 Å².